The molecule has 0 spiro atoms. The van der Waals surface area contributed by atoms with Crippen LogP contribution in [0.5, 0.6) is 0 Å². The molecule has 2 aromatic rings. The topological polar surface area (TPSA) is 67.2 Å². The highest BCUT2D eigenvalue weighted by Crippen LogP contribution is 2.20. The number of oxazole rings is 1. The highest BCUT2D eigenvalue weighted by Gasteiger charge is 2.12. The summed E-state index contributed by atoms with van der Waals surface area (Å²) in [6.07, 6.45) is 0.756. The molecule has 2 N–H and O–H groups in total. The van der Waals surface area contributed by atoms with E-state index in [1.165, 1.54) is 0 Å². The van der Waals surface area contributed by atoms with E-state index >= 15 is 0 Å². The first kappa shape index (κ1) is 14.5. The molecule has 1 amide bonds. The zero-order chi connectivity index (χ0) is 14.8. The molecule has 0 aliphatic carbocycles. The van der Waals surface area contributed by atoms with Gasteiger partial charge in [-0.25, -0.2) is 4.98 Å². The van der Waals surface area contributed by atoms with Gasteiger partial charge in [-0.3, -0.25) is 4.79 Å². The molecule has 5 nitrogen and oxygen atoms in total. The summed E-state index contributed by atoms with van der Waals surface area (Å²) in [6.45, 7) is 8.34. The summed E-state index contributed by atoms with van der Waals surface area (Å²) in [5.41, 5.74) is 2.16. The molecule has 20 heavy (non-hydrogen) atoms. The molecule has 1 aromatic carbocycles. The third-order valence-corrected chi connectivity index (χ3v) is 2.80. The van der Waals surface area contributed by atoms with Crippen LogP contribution in [0.15, 0.2) is 22.6 Å². The molecule has 1 aromatic heterocycles. The van der Waals surface area contributed by atoms with E-state index in [9.17, 15) is 4.79 Å². The fourth-order valence-electron chi connectivity index (χ4n) is 1.75. The highest BCUT2D eigenvalue weighted by molar-refractivity contribution is 5.94. The number of rotatable bonds is 4. The summed E-state index contributed by atoms with van der Waals surface area (Å²) in [5, 5.41) is 6.00. The van der Waals surface area contributed by atoms with E-state index in [-0.39, 0.29) is 18.0 Å². The molecule has 2 rings (SSSR count). The summed E-state index contributed by atoms with van der Waals surface area (Å²) in [5.74, 6) is 0.636. The Morgan fingerprint density at radius 1 is 1.35 bits per heavy atom. The van der Waals surface area contributed by atoms with Crippen molar-refractivity contribution >= 4 is 22.7 Å². The predicted octanol–water partition coefficient (Wildman–Crippen LogP) is 2.72. The Balaban J connectivity index is 2.04. The Labute approximate surface area is 118 Å². The van der Waals surface area contributed by atoms with Gasteiger partial charge in [0.15, 0.2) is 11.5 Å². The average molecular weight is 275 g/mol. The predicted molar refractivity (Wildman–Crippen MR) is 79.8 cm³/mol. The molecule has 0 saturated heterocycles. The minimum Gasteiger partial charge on any atom is -0.441 e. The van der Waals surface area contributed by atoms with Crippen LogP contribution in [0.3, 0.4) is 0 Å². The number of anilines is 1. The summed E-state index contributed by atoms with van der Waals surface area (Å²) < 4.78 is 5.53. The SMILES string of the molecule is CCc1nc2cc(NC(=O)CNC(C)(C)C)ccc2o1. The van der Waals surface area contributed by atoms with Crippen molar-refractivity contribution in [2.24, 2.45) is 0 Å². The van der Waals surface area contributed by atoms with Crippen LogP contribution in [0, 0.1) is 0 Å². The van der Waals surface area contributed by atoms with Gasteiger partial charge < -0.3 is 15.1 Å². The van der Waals surface area contributed by atoms with E-state index in [1.54, 1.807) is 0 Å². The Morgan fingerprint density at radius 2 is 2.10 bits per heavy atom. The first-order valence-corrected chi connectivity index (χ1v) is 6.82. The summed E-state index contributed by atoms with van der Waals surface area (Å²) in [7, 11) is 0. The van der Waals surface area contributed by atoms with Gasteiger partial charge in [0.1, 0.15) is 5.52 Å². The average Bonchev–Trinajstić information content (AvgIpc) is 2.78. The van der Waals surface area contributed by atoms with Crippen LogP contribution in [0.1, 0.15) is 33.6 Å². The van der Waals surface area contributed by atoms with Crippen LogP contribution in [-0.2, 0) is 11.2 Å². The summed E-state index contributed by atoms with van der Waals surface area (Å²) in [6, 6.07) is 5.48. The number of fused-ring (bicyclic) bond motifs is 1. The molecular formula is C15H21N3O2. The van der Waals surface area contributed by atoms with Crippen molar-refractivity contribution in [3.8, 4) is 0 Å². The van der Waals surface area contributed by atoms with Gasteiger partial charge in [0.2, 0.25) is 5.91 Å². The molecule has 0 radical (unpaired) electrons. The summed E-state index contributed by atoms with van der Waals surface area (Å²) >= 11 is 0. The van der Waals surface area contributed by atoms with Crippen molar-refractivity contribution in [3.63, 3.8) is 0 Å². The second-order valence-electron chi connectivity index (χ2n) is 5.80. The van der Waals surface area contributed by atoms with Crippen molar-refractivity contribution in [3.05, 3.63) is 24.1 Å². The van der Waals surface area contributed by atoms with Gasteiger partial charge in [-0.2, -0.15) is 0 Å². The zero-order valence-corrected chi connectivity index (χ0v) is 12.4. The lowest BCUT2D eigenvalue weighted by Crippen LogP contribution is -2.41. The highest BCUT2D eigenvalue weighted by atomic mass is 16.3. The van der Waals surface area contributed by atoms with Crippen molar-refractivity contribution in [1.82, 2.24) is 10.3 Å². The summed E-state index contributed by atoms with van der Waals surface area (Å²) in [4.78, 5) is 16.2. The maximum absolute atomic E-state index is 11.8. The molecule has 0 atom stereocenters. The number of nitrogens with zero attached hydrogens (tertiary/aromatic N) is 1. The third-order valence-electron chi connectivity index (χ3n) is 2.80. The van der Waals surface area contributed by atoms with E-state index in [1.807, 2.05) is 45.9 Å². The van der Waals surface area contributed by atoms with Crippen LogP contribution in [0.4, 0.5) is 5.69 Å². The number of carbonyl (C=O) groups excluding carboxylic acids is 1. The molecule has 0 aliphatic heterocycles. The van der Waals surface area contributed by atoms with E-state index in [2.05, 4.69) is 15.6 Å². The lowest BCUT2D eigenvalue weighted by atomic mass is 10.1. The van der Waals surface area contributed by atoms with Gasteiger partial charge in [0.05, 0.1) is 6.54 Å². The normalized spacial score (nSPS) is 11.8. The van der Waals surface area contributed by atoms with Crippen LogP contribution >= 0.6 is 0 Å². The largest absolute Gasteiger partial charge is 0.441 e. The van der Waals surface area contributed by atoms with Gasteiger partial charge in [0.25, 0.3) is 0 Å². The molecule has 108 valence electrons. The molecule has 0 saturated carbocycles. The number of carbonyl (C=O) groups is 1. The van der Waals surface area contributed by atoms with Crippen molar-refractivity contribution in [1.29, 1.82) is 0 Å². The number of amides is 1. The number of aromatic nitrogens is 1. The van der Waals surface area contributed by atoms with Crippen LogP contribution < -0.4 is 10.6 Å². The molecule has 1 heterocycles. The van der Waals surface area contributed by atoms with E-state index in [0.29, 0.717) is 5.89 Å². The van der Waals surface area contributed by atoms with Gasteiger partial charge in [0, 0.05) is 17.6 Å². The Bertz CT molecular complexity index is 611. The molecule has 0 aliphatic rings. The number of aryl methyl sites for hydroxylation is 1. The van der Waals surface area contributed by atoms with Crippen LogP contribution in [0.2, 0.25) is 0 Å². The zero-order valence-electron chi connectivity index (χ0n) is 12.4. The Hall–Kier alpha value is -1.88. The van der Waals surface area contributed by atoms with Crippen molar-refractivity contribution < 1.29 is 9.21 Å². The lowest BCUT2D eigenvalue weighted by Gasteiger charge is -2.19. The third kappa shape index (κ3) is 3.81. The van der Waals surface area contributed by atoms with Gasteiger partial charge >= 0.3 is 0 Å². The first-order valence-electron chi connectivity index (χ1n) is 6.82. The molecule has 0 unspecified atom stereocenters. The maximum Gasteiger partial charge on any atom is 0.238 e. The fourth-order valence-corrected chi connectivity index (χ4v) is 1.75. The molecule has 0 bridgehead atoms. The number of hydrogen-bond acceptors (Lipinski definition) is 4. The van der Waals surface area contributed by atoms with Crippen LogP contribution in [0.25, 0.3) is 11.1 Å². The van der Waals surface area contributed by atoms with Gasteiger partial charge in [-0.1, -0.05) is 6.92 Å². The van der Waals surface area contributed by atoms with Gasteiger partial charge in [-0.15, -0.1) is 0 Å². The molecular weight excluding hydrogens is 254 g/mol. The van der Waals surface area contributed by atoms with Crippen molar-refractivity contribution in [2.45, 2.75) is 39.7 Å². The monoisotopic (exact) mass is 275 g/mol. The Kier molecular flexibility index (Phi) is 4.09. The minimum atomic E-state index is -0.0799. The Morgan fingerprint density at radius 3 is 2.75 bits per heavy atom. The quantitative estimate of drug-likeness (QED) is 0.900. The van der Waals surface area contributed by atoms with E-state index < -0.39 is 0 Å². The number of nitrogens with one attached hydrogen (secondary N) is 2. The maximum atomic E-state index is 11.8. The smallest absolute Gasteiger partial charge is 0.238 e. The van der Waals surface area contributed by atoms with Crippen LogP contribution in [-0.4, -0.2) is 23.0 Å². The lowest BCUT2D eigenvalue weighted by molar-refractivity contribution is -0.115. The fraction of sp³-hybridized carbons (Fsp3) is 0.467. The minimum absolute atomic E-state index is 0.0708. The second-order valence-corrected chi connectivity index (χ2v) is 5.80. The van der Waals surface area contributed by atoms with E-state index in [4.69, 9.17) is 4.42 Å². The van der Waals surface area contributed by atoms with Crippen molar-refractivity contribution in [2.75, 3.05) is 11.9 Å². The van der Waals surface area contributed by atoms with E-state index in [0.717, 1.165) is 23.2 Å². The molecule has 5 heteroatoms. The van der Waals surface area contributed by atoms with Gasteiger partial charge in [-0.05, 0) is 39.0 Å². The first-order chi connectivity index (χ1) is 9.37. The number of hydrogen-bond donors (Lipinski definition) is 2. The second kappa shape index (κ2) is 5.63. The standard InChI is InChI=1S/C15H21N3O2/c1-5-14-18-11-8-10(6-7-12(11)20-14)17-13(19)9-16-15(2,3)4/h6-8,16H,5,9H2,1-4H3,(H,17,19). The molecule has 0 fully saturated rings. The number of benzene rings is 1.